The summed E-state index contributed by atoms with van der Waals surface area (Å²) in [5.41, 5.74) is 2.56. The van der Waals surface area contributed by atoms with Crippen LogP contribution in [0.25, 0.3) is 0 Å². The van der Waals surface area contributed by atoms with Gasteiger partial charge in [0.15, 0.2) is 0 Å². The lowest BCUT2D eigenvalue weighted by Crippen LogP contribution is -2.37. The lowest BCUT2D eigenvalue weighted by Gasteiger charge is -2.31. The van der Waals surface area contributed by atoms with Crippen LogP contribution in [0.1, 0.15) is 20.0 Å². The molecule has 2 fully saturated rings. The van der Waals surface area contributed by atoms with Crippen molar-refractivity contribution in [1.82, 2.24) is 5.32 Å². The quantitative estimate of drug-likeness (QED) is 0.465. The number of hydrogen-bond donors (Lipinski definition) is 2. The Hall–Kier alpha value is -3.60. The van der Waals surface area contributed by atoms with Gasteiger partial charge in [0.05, 0.1) is 46.9 Å². The Morgan fingerprint density at radius 1 is 1.03 bits per heavy atom. The van der Waals surface area contributed by atoms with Crippen molar-refractivity contribution in [2.24, 2.45) is 0 Å². The number of anilines is 3. The van der Waals surface area contributed by atoms with Crippen LogP contribution in [0.5, 0.6) is 0 Å². The lowest BCUT2D eigenvalue weighted by atomic mass is 10.1. The van der Waals surface area contributed by atoms with E-state index in [4.69, 9.17) is 21.1 Å². The minimum atomic E-state index is -0.520. The highest BCUT2D eigenvalue weighted by molar-refractivity contribution is 7.18. The number of carbonyl (C=O) groups is 3. The fourth-order valence-electron chi connectivity index (χ4n) is 4.22. The zero-order valence-electron chi connectivity index (χ0n) is 19.8. The molecule has 0 saturated carbocycles. The first-order chi connectivity index (χ1) is 18.0. The lowest BCUT2D eigenvalue weighted by molar-refractivity contribution is 0.0919. The van der Waals surface area contributed by atoms with Gasteiger partial charge in [-0.2, -0.15) is 0 Å². The van der Waals surface area contributed by atoms with Crippen LogP contribution < -0.4 is 20.4 Å². The molecule has 0 spiro atoms. The maximum Gasteiger partial charge on any atom is 0.414 e. The van der Waals surface area contributed by atoms with E-state index in [-0.39, 0.29) is 24.9 Å². The summed E-state index contributed by atoms with van der Waals surface area (Å²) in [7, 11) is 0. The van der Waals surface area contributed by atoms with Gasteiger partial charge in [0, 0.05) is 24.3 Å². The van der Waals surface area contributed by atoms with Crippen molar-refractivity contribution in [2.45, 2.75) is 6.10 Å². The van der Waals surface area contributed by atoms with Gasteiger partial charge in [-0.1, -0.05) is 29.8 Å². The Balaban J connectivity index is 1.32. The number of nitrogens with one attached hydrogen (secondary N) is 2. The summed E-state index contributed by atoms with van der Waals surface area (Å²) in [6.45, 7) is 3.00. The average Bonchev–Trinajstić information content (AvgIpc) is 3.53. The van der Waals surface area contributed by atoms with Gasteiger partial charge in [-0.05, 0) is 42.5 Å². The van der Waals surface area contributed by atoms with Crippen molar-refractivity contribution >= 4 is 57.9 Å². The standard InChI is InChI=1S/C26H25ClN4O5S/c27-23-9-8-22(37-23)25(33)28-15-19-16-31(26(34)36-19)18-6-7-21(30-10-12-35-13-11-30)20(14-18)29-24(32)17-4-2-1-3-5-17/h1-9,14,19H,10-13,15-16H2,(H,28,33)(H,29,32). The van der Waals surface area contributed by atoms with E-state index in [1.165, 1.54) is 16.2 Å². The predicted octanol–water partition coefficient (Wildman–Crippen LogP) is 4.25. The van der Waals surface area contributed by atoms with Gasteiger partial charge >= 0.3 is 6.09 Å². The molecule has 5 rings (SSSR count). The molecule has 2 aliphatic rings. The summed E-state index contributed by atoms with van der Waals surface area (Å²) in [6, 6.07) is 17.8. The van der Waals surface area contributed by atoms with E-state index in [2.05, 4.69) is 15.5 Å². The van der Waals surface area contributed by atoms with E-state index >= 15 is 0 Å². The summed E-state index contributed by atoms with van der Waals surface area (Å²) in [5.74, 6) is -0.516. The molecule has 0 radical (unpaired) electrons. The molecule has 1 aromatic heterocycles. The summed E-state index contributed by atoms with van der Waals surface area (Å²) >= 11 is 7.09. The van der Waals surface area contributed by atoms with E-state index in [9.17, 15) is 14.4 Å². The maximum atomic E-state index is 13.0. The van der Waals surface area contributed by atoms with E-state index in [1.54, 1.807) is 42.5 Å². The first-order valence-electron chi connectivity index (χ1n) is 11.8. The molecular formula is C26H25ClN4O5S. The fourth-order valence-corrected chi connectivity index (χ4v) is 5.18. The molecule has 2 saturated heterocycles. The molecular weight excluding hydrogens is 516 g/mol. The van der Waals surface area contributed by atoms with Crippen LogP contribution in [0.3, 0.4) is 0 Å². The predicted molar refractivity (Wildman–Crippen MR) is 143 cm³/mol. The molecule has 3 aromatic rings. The van der Waals surface area contributed by atoms with Crippen molar-refractivity contribution < 1.29 is 23.9 Å². The first kappa shape index (κ1) is 25.1. The van der Waals surface area contributed by atoms with Gasteiger partial charge in [0.2, 0.25) is 0 Å². The monoisotopic (exact) mass is 540 g/mol. The Morgan fingerprint density at radius 2 is 1.81 bits per heavy atom. The molecule has 0 aliphatic carbocycles. The van der Waals surface area contributed by atoms with Crippen LogP contribution in [0, 0.1) is 0 Å². The van der Waals surface area contributed by atoms with E-state index in [0.717, 1.165) is 5.69 Å². The number of morpholine rings is 1. The number of nitrogens with zero attached hydrogens (tertiary/aromatic N) is 2. The SMILES string of the molecule is O=C(Nc1cc(N2CC(CNC(=O)c3ccc(Cl)s3)OC2=O)ccc1N1CCOCC1)c1ccccc1. The smallest absolute Gasteiger partial charge is 0.414 e. The Labute approximate surface area is 222 Å². The van der Waals surface area contributed by atoms with E-state index < -0.39 is 12.2 Å². The van der Waals surface area contributed by atoms with Gasteiger partial charge in [0.1, 0.15) is 6.10 Å². The van der Waals surface area contributed by atoms with E-state index in [1.807, 2.05) is 18.2 Å². The molecule has 3 heterocycles. The molecule has 2 aliphatic heterocycles. The largest absolute Gasteiger partial charge is 0.442 e. The molecule has 1 unspecified atom stereocenters. The molecule has 192 valence electrons. The minimum absolute atomic E-state index is 0.167. The number of amides is 3. The Kier molecular flexibility index (Phi) is 7.59. The number of ether oxygens (including phenoxy) is 2. The number of rotatable bonds is 7. The van der Waals surface area contributed by atoms with Crippen LogP contribution in [-0.2, 0) is 9.47 Å². The average molecular weight is 541 g/mol. The third-order valence-electron chi connectivity index (χ3n) is 6.09. The van der Waals surface area contributed by atoms with Crippen LogP contribution in [0.2, 0.25) is 4.34 Å². The fraction of sp³-hybridized carbons (Fsp3) is 0.269. The number of thiophene rings is 1. The van der Waals surface area contributed by atoms with Crippen LogP contribution in [0.15, 0.2) is 60.7 Å². The molecule has 37 heavy (non-hydrogen) atoms. The number of cyclic esters (lactones) is 1. The molecule has 9 nitrogen and oxygen atoms in total. The number of benzene rings is 2. The van der Waals surface area contributed by atoms with Crippen molar-refractivity contribution in [3.63, 3.8) is 0 Å². The Morgan fingerprint density at radius 3 is 2.54 bits per heavy atom. The van der Waals surface area contributed by atoms with Crippen molar-refractivity contribution in [1.29, 1.82) is 0 Å². The molecule has 2 aromatic carbocycles. The van der Waals surface area contributed by atoms with Crippen LogP contribution >= 0.6 is 22.9 Å². The third kappa shape index (κ3) is 5.87. The molecule has 2 N–H and O–H groups in total. The van der Waals surface area contributed by atoms with Crippen LogP contribution in [0.4, 0.5) is 21.9 Å². The highest BCUT2D eigenvalue weighted by atomic mass is 35.5. The highest BCUT2D eigenvalue weighted by Gasteiger charge is 2.33. The van der Waals surface area contributed by atoms with Gasteiger partial charge in [-0.25, -0.2) is 4.79 Å². The van der Waals surface area contributed by atoms with Gasteiger partial charge in [0.25, 0.3) is 11.8 Å². The second-order valence-corrected chi connectivity index (χ2v) is 10.3. The summed E-state index contributed by atoms with van der Waals surface area (Å²) in [4.78, 5) is 42.1. The molecule has 1 atom stereocenters. The van der Waals surface area contributed by atoms with Crippen molar-refractivity contribution in [3.8, 4) is 0 Å². The molecule has 0 bridgehead atoms. The third-order valence-corrected chi connectivity index (χ3v) is 7.32. The normalized spacial score (nSPS) is 17.4. The zero-order chi connectivity index (χ0) is 25.8. The Bertz CT molecular complexity index is 1300. The first-order valence-corrected chi connectivity index (χ1v) is 13.0. The number of halogens is 1. The second kappa shape index (κ2) is 11.2. The second-order valence-electron chi connectivity index (χ2n) is 8.55. The van der Waals surface area contributed by atoms with Crippen molar-refractivity contribution in [3.05, 3.63) is 75.4 Å². The van der Waals surface area contributed by atoms with Gasteiger partial charge in [-0.15, -0.1) is 11.3 Å². The summed E-state index contributed by atoms with van der Waals surface area (Å²) in [6.07, 6.45) is -1.04. The summed E-state index contributed by atoms with van der Waals surface area (Å²) in [5, 5.41) is 5.80. The van der Waals surface area contributed by atoms with Gasteiger partial charge in [-0.3, -0.25) is 14.5 Å². The highest BCUT2D eigenvalue weighted by Crippen LogP contribution is 2.33. The van der Waals surface area contributed by atoms with E-state index in [0.29, 0.717) is 52.5 Å². The summed E-state index contributed by atoms with van der Waals surface area (Å²) < 4.78 is 11.5. The number of carbonyl (C=O) groups excluding carboxylic acids is 3. The molecule has 3 amide bonds. The zero-order valence-corrected chi connectivity index (χ0v) is 21.4. The number of hydrogen-bond acceptors (Lipinski definition) is 7. The topological polar surface area (TPSA) is 100 Å². The minimum Gasteiger partial charge on any atom is -0.442 e. The van der Waals surface area contributed by atoms with Crippen LogP contribution in [-0.4, -0.2) is 63.4 Å². The van der Waals surface area contributed by atoms with Crippen molar-refractivity contribution in [2.75, 3.05) is 54.5 Å². The molecule has 11 heteroatoms. The maximum absolute atomic E-state index is 13.0. The van der Waals surface area contributed by atoms with Gasteiger partial charge < -0.3 is 25.0 Å².